The first-order valence-corrected chi connectivity index (χ1v) is 13.0. The van der Waals surface area contributed by atoms with Gasteiger partial charge in [0.15, 0.2) is 17.3 Å². The molecule has 1 aromatic heterocycles. The SMILES string of the molecule is C[C@H]1O[C@@H](Oc2ccc(-c3oc4cc(O)cc(O)c4c(=O)c3O[C@H]3O[C@H](CO)[C@@H](O)[C@@H](O)[C@@H]3O)cc2O)[C@@H](O)[C@@H](O)[C@@H]1O. The van der Waals surface area contributed by atoms with E-state index >= 15 is 0 Å². The number of phenols is 3. The van der Waals surface area contributed by atoms with Gasteiger partial charge in [0.2, 0.25) is 23.8 Å². The summed E-state index contributed by atoms with van der Waals surface area (Å²) in [5, 5.41) is 101. The Bertz CT molecular complexity index is 1540. The molecule has 10 N–H and O–H groups in total. The largest absolute Gasteiger partial charge is 0.508 e. The number of hydrogen-bond acceptors (Lipinski definition) is 16. The van der Waals surface area contributed by atoms with Crippen molar-refractivity contribution in [1.29, 1.82) is 0 Å². The third kappa shape index (κ3) is 5.55. The van der Waals surface area contributed by atoms with Gasteiger partial charge in [-0.3, -0.25) is 4.79 Å². The molecule has 3 aromatic rings. The Morgan fingerprint density at radius 3 is 2.07 bits per heavy atom. The first kappa shape index (κ1) is 30.7. The molecule has 2 aliphatic rings. The zero-order chi connectivity index (χ0) is 31.3. The lowest BCUT2D eigenvalue weighted by atomic mass is 9.99. The summed E-state index contributed by atoms with van der Waals surface area (Å²) < 4.78 is 27.6. The van der Waals surface area contributed by atoms with E-state index in [9.17, 15) is 55.9 Å². The lowest BCUT2D eigenvalue weighted by Gasteiger charge is -2.39. The molecular formula is C27H30O16. The summed E-state index contributed by atoms with van der Waals surface area (Å²) in [4.78, 5) is 13.6. The molecule has 16 heteroatoms. The second-order valence-electron chi connectivity index (χ2n) is 10.2. The van der Waals surface area contributed by atoms with E-state index in [0.29, 0.717) is 0 Å². The normalized spacial score (nSPS) is 32.9. The minimum Gasteiger partial charge on any atom is -0.508 e. The number of phenolic OH excluding ortho intramolecular Hbond substituents is 3. The maximum atomic E-state index is 13.6. The van der Waals surface area contributed by atoms with Gasteiger partial charge in [0, 0.05) is 17.7 Å². The predicted octanol–water partition coefficient (Wildman–Crippen LogP) is -2.04. The molecule has 2 saturated heterocycles. The lowest BCUT2D eigenvalue weighted by molar-refractivity contribution is -0.277. The van der Waals surface area contributed by atoms with Crippen molar-refractivity contribution in [2.24, 2.45) is 0 Å². The van der Waals surface area contributed by atoms with E-state index in [2.05, 4.69) is 0 Å². The molecule has 0 saturated carbocycles. The molecule has 5 rings (SSSR count). The molecule has 10 atom stereocenters. The van der Waals surface area contributed by atoms with Gasteiger partial charge in [0.1, 0.15) is 65.2 Å². The molecule has 2 aliphatic heterocycles. The van der Waals surface area contributed by atoms with E-state index < -0.39 is 108 Å². The molecule has 2 fully saturated rings. The summed E-state index contributed by atoms with van der Waals surface area (Å²) in [6.45, 7) is 0.654. The van der Waals surface area contributed by atoms with Gasteiger partial charge in [-0.25, -0.2) is 0 Å². The molecular weight excluding hydrogens is 580 g/mol. The van der Waals surface area contributed by atoms with E-state index in [0.717, 1.165) is 18.2 Å². The Hall–Kier alpha value is -3.71. The van der Waals surface area contributed by atoms with Crippen LogP contribution in [-0.2, 0) is 9.47 Å². The van der Waals surface area contributed by atoms with Crippen LogP contribution in [-0.4, -0.2) is 119 Å². The molecule has 2 aromatic carbocycles. The molecule has 0 unspecified atom stereocenters. The van der Waals surface area contributed by atoms with Gasteiger partial charge in [-0.05, 0) is 25.1 Å². The Balaban J connectivity index is 1.56. The van der Waals surface area contributed by atoms with Crippen LogP contribution in [0.2, 0.25) is 0 Å². The van der Waals surface area contributed by atoms with Crippen LogP contribution < -0.4 is 14.9 Å². The second-order valence-corrected chi connectivity index (χ2v) is 10.2. The van der Waals surface area contributed by atoms with Crippen molar-refractivity contribution in [3.05, 3.63) is 40.6 Å². The number of rotatable bonds is 6. The van der Waals surface area contributed by atoms with E-state index in [4.69, 9.17) is 23.4 Å². The summed E-state index contributed by atoms with van der Waals surface area (Å²) in [6, 6.07) is 5.40. The van der Waals surface area contributed by atoms with Crippen LogP contribution in [0.15, 0.2) is 39.5 Å². The van der Waals surface area contributed by atoms with Crippen molar-refractivity contribution in [3.8, 4) is 40.1 Å². The third-order valence-electron chi connectivity index (χ3n) is 7.27. The molecule has 0 amide bonds. The zero-order valence-electron chi connectivity index (χ0n) is 22.3. The molecule has 0 bridgehead atoms. The van der Waals surface area contributed by atoms with Gasteiger partial charge in [0.05, 0.1) is 12.7 Å². The number of fused-ring (bicyclic) bond motifs is 1. The van der Waals surface area contributed by atoms with Gasteiger partial charge in [-0.2, -0.15) is 0 Å². The molecule has 0 radical (unpaired) electrons. The number of aromatic hydroxyl groups is 3. The Morgan fingerprint density at radius 1 is 0.767 bits per heavy atom. The average molecular weight is 611 g/mol. The molecule has 43 heavy (non-hydrogen) atoms. The fraction of sp³-hybridized carbons (Fsp3) is 0.444. The smallest absolute Gasteiger partial charge is 0.239 e. The maximum Gasteiger partial charge on any atom is 0.239 e. The van der Waals surface area contributed by atoms with E-state index in [1.807, 2.05) is 0 Å². The van der Waals surface area contributed by atoms with Crippen molar-refractivity contribution >= 4 is 11.0 Å². The molecule has 234 valence electrons. The van der Waals surface area contributed by atoms with Crippen LogP contribution in [0.3, 0.4) is 0 Å². The van der Waals surface area contributed by atoms with Gasteiger partial charge >= 0.3 is 0 Å². The zero-order valence-corrected chi connectivity index (χ0v) is 22.3. The Labute approximate surface area is 241 Å². The number of aliphatic hydroxyl groups is 7. The average Bonchev–Trinajstić information content (AvgIpc) is 2.96. The van der Waals surface area contributed by atoms with Gasteiger partial charge in [-0.1, -0.05) is 0 Å². The van der Waals surface area contributed by atoms with E-state index in [1.165, 1.54) is 19.1 Å². The number of aliphatic hydroxyl groups excluding tert-OH is 7. The Kier molecular flexibility index (Phi) is 8.41. The molecule has 3 heterocycles. The van der Waals surface area contributed by atoms with Crippen LogP contribution in [0, 0.1) is 0 Å². The van der Waals surface area contributed by atoms with E-state index in [1.54, 1.807) is 0 Å². The molecule has 0 spiro atoms. The van der Waals surface area contributed by atoms with Crippen LogP contribution in [0.25, 0.3) is 22.3 Å². The minimum absolute atomic E-state index is 0.0554. The van der Waals surface area contributed by atoms with Gasteiger partial charge in [0.25, 0.3) is 0 Å². The minimum atomic E-state index is -1.92. The summed E-state index contributed by atoms with van der Waals surface area (Å²) in [5.41, 5.74) is -1.38. The van der Waals surface area contributed by atoms with Crippen LogP contribution in [0.1, 0.15) is 6.92 Å². The van der Waals surface area contributed by atoms with Gasteiger partial charge in [-0.15, -0.1) is 0 Å². The summed E-state index contributed by atoms with van der Waals surface area (Å²) in [5.74, 6) is -3.08. The summed E-state index contributed by atoms with van der Waals surface area (Å²) in [6.07, 6.45) is -15.8. The summed E-state index contributed by atoms with van der Waals surface area (Å²) in [7, 11) is 0. The number of hydrogen-bond donors (Lipinski definition) is 10. The number of benzene rings is 2. The predicted molar refractivity (Wildman–Crippen MR) is 140 cm³/mol. The quantitative estimate of drug-likeness (QED) is 0.144. The first-order chi connectivity index (χ1) is 20.3. The molecule has 16 nitrogen and oxygen atoms in total. The highest BCUT2D eigenvalue weighted by Crippen LogP contribution is 2.40. The van der Waals surface area contributed by atoms with E-state index in [-0.39, 0.29) is 16.9 Å². The topological polar surface area (TPSA) is 269 Å². The lowest BCUT2D eigenvalue weighted by Crippen LogP contribution is -2.60. The highest BCUT2D eigenvalue weighted by Gasteiger charge is 2.46. The highest BCUT2D eigenvalue weighted by atomic mass is 16.7. The van der Waals surface area contributed by atoms with Crippen molar-refractivity contribution in [2.45, 2.75) is 68.3 Å². The van der Waals surface area contributed by atoms with Crippen molar-refractivity contribution in [2.75, 3.05) is 6.61 Å². The maximum absolute atomic E-state index is 13.6. The van der Waals surface area contributed by atoms with Crippen molar-refractivity contribution in [1.82, 2.24) is 0 Å². The monoisotopic (exact) mass is 610 g/mol. The third-order valence-corrected chi connectivity index (χ3v) is 7.27. The van der Waals surface area contributed by atoms with Crippen LogP contribution >= 0.6 is 0 Å². The van der Waals surface area contributed by atoms with Gasteiger partial charge < -0.3 is 74.4 Å². The summed E-state index contributed by atoms with van der Waals surface area (Å²) >= 11 is 0. The van der Waals surface area contributed by atoms with Crippen molar-refractivity contribution < 1.29 is 74.4 Å². The fourth-order valence-electron chi connectivity index (χ4n) is 4.84. The highest BCUT2D eigenvalue weighted by molar-refractivity contribution is 5.88. The first-order valence-electron chi connectivity index (χ1n) is 13.0. The van der Waals surface area contributed by atoms with Crippen LogP contribution in [0.4, 0.5) is 0 Å². The fourth-order valence-corrected chi connectivity index (χ4v) is 4.84. The Morgan fingerprint density at radius 2 is 1.42 bits per heavy atom. The number of ether oxygens (including phenoxy) is 4. The van der Waals surface area contributed by atoms with Crippen molar-refractivity contribution in [3.63, 3.8) is 0 Å². The molecule has 0 aliphatic carbocycles. The standard InChI is InChI=1S/C27H30O16/c1-8-17(32)20(35)22(37)26(39-8)41-13-3-2-9(4-11(13)30)24-25(19(34)16-12(31)5-10(29)6-14(16)40-24)43-27-23(38)21(36)18(33)15(7-28)42-27/h2-6,8,15,17-18,20-23,26-33,35-38H,7H2,1H3/t8-,15-,17-,18-,20+,21-,22+,23+,26+,27-/m1/s1. The van der Waals surface area contributed by atoms with Crippen LogP contribution in [0.5, 0.6) is 28.7 Å². The second kappa shape index (κ2) is 11.8.